The number of halogens is 1. The van der Waals surface area contributed by atoms with Crippen molar-refractivity contribution in [3.05, 3.63) is 50.8 Å². The summed E-state index contributed by atoms with van der Waals surface area (Å²) in [6, 6.07) is 9.54. The van der Waals surface area contributed by atoms with E-state index in [1.165, 1.54) is 22.7 Å². The fraction of sp³-hybridized carbons (Fsp3) is 0.263. The van der Waals surface area contributed by atoms with Crippen LogP contribution >= 0.6 is 34.3 Å². The van der Waals surface area contributed by atoms with E-state index in [1.54, 1.807) is 11.9 Å². The van der Waals surface area contributed by atoms with Crippen LogP contribution in [0, 0.1) is 6.92 Å². The van der Waals surface area contributed by atoms with Gasteiger partial charge in [-0.2, -0.15) is 0 Å². The summed E-state index contributed by atoms with van der Waals surface area (Å²) in [5, 5.41) is 0.820. The first-order chi connectivity index (χ1) is 13.0. The van der Waals surface area contributed by atoms with E-state index in [9.17, 15) is 4.79 Å². The van der Waals surface area contributed by atoms with Gasteiger partial charge in [0, 0.05) is 13.6 Å². The number of thiophene rings is 1. The zero-order chi connectivity index (χ0) is 19.0. The fourth-order valence-electron chi connectivity index (χ4n) is 2.83. The van der Waals surface area contributed by atoms with E-state index in [0.29, 0.717) is 29.0 Å². The van der Waals surface area contributed by atoms with Crippen LogP contribution < -0.4 is 9.47 Å². The third-order valence-corrected chi connectivity index (χ3v) is 6.69. The van der Waals surface area contributed by atoms with Crippen LogP contribution in [-0.2, 0) is 6.54 Å². The summed E-state index contributed by atoms with van der Waals surface area (Å²) in [6.07, 6.45) is 0. The molecule has 0 saturated heterocycles. The van der Waals surface area contributed by atoms with Gasteiger partial charge in [0.2, 0.25) is 0 Å². The Morgan fingerprint density at radius 2 is 1.96 bits per heavy atom. The van der Waals surface area contributed by atoms with Gasteiger partial charge in [0.15, 0.2) is 11.5 Å². The summed E-state index contributed by atoms with van der Waals surface area (Å²) in [5.74, 6) is 1.43. The molecule has 0 spiro atoms. The highest BCUT2D eigenvalue weighted by molar-refractivity contribution is 7.24. The third-order valence-electron chi connectivity index (χ3n) is 4.15. The Morgan fingerprint density at radius 3 is 2.70 bits per heavy atom. The highest BCUT2D eigenvalue weighted by Crippen LogP contribution is 2.35. The second-order valence-corrected chi connectivity index (χ2v) is 8.89. The van der Waals surface area contributed by atoms with Crippen LogP contribution in [0.5, 0.6) is 11.5 Å². The van der Waals surface area contributed by atoms with Gasteiger partial charge in [-0.05, 0) is 36.8 Å². The minimum absolute atomic E-state index is 0.0474. The first-order valence-electron chi connectivity index (χ1n) is 8.38. The predicted octanol–water partition coefficient (Wildman–Crippen LogP) is 4.88. The number of rotatable bonds is 4. The highest BCUT2D eigenvalue weighted by atomic mass is 35.5. The zero-order valence-electron chi connectivity index (χ0n) is 14.8. The molecule has 3 aromatic rings. The molecule has 5 nitrogen and oxygen atoms in total. The van der Waals surface area contributed by atoms with Crippen LogP contribution in [0.15, 0.2) is 30.3 Å². The second kappa shape index (κ2) is 7.50. The van der Waals surface area contributed by atoms with Crippen molar-refractivity contribution >= 4 is 40.2 Å². The van der Waals surface area contributed by atoms with Gasteiger partial charge in [-0.3, -0.25) is 4.79 Å². The van der Waals surface area contributed by atoms with Crippen molar-refractivity contribution in [2.75, 3.05) is 20.3 Å². The number of ether oxygens (including phenoxy) is 2. The van der Waals surface area contributed by atoms with Gasteiger partial charge in [-0.1, -0.05) is 17.7 Å². The number of aryl methyl sites for hydroxylation is 1. The third kappa shape index (κ3) is 3.81. The molecule has 4 rings (SSSR count). The van der Waals surface area contributed by atoms with Gasteiger partial charge in [0.05, 0.1) is 14.9 Å². The molecule has 3 heterocycles. The summed E-state index contributed by atoms with van der Waals surface area (Å²) in [7, 11) is 1.79. The van der Waals surface area contributed by atoms with Crippen LogP contribution in [-0.4, -0.2) is 36.1 Å². The number of carbonyl (C=O) groups is 1. The zero-order valence-corrected chi connectivity index (χ0v) is 17.2. The van der Waals surface area contributed by atoms with Crippen molar-refractivity contribution in [1.29, 1.82) is 0 Å². The molecule has 8 heteroatoms. The Hall–Kier alpha value is -2.09. The average Bonchev–Trinajstić information content (AvgIpc) is 3.26. The fourth-order valence-corrected chi connectivity index (χ4v) is 4.99. The molecule has 1 aliphatic heterocycles. The van der Waals surface area contributed by atoms with Crippen molar-refractivity contribution in [3.63, 3.8) is 0 Å². The molecule has 0 fully saturated rings. The van der Waals surface area contributed by atoms with Crippen LogP contribution in [0.1, 0.15) is 20.9 Å². The topological polar surface area (TPSA) is 51.7 Å². The van der Waals surface area contributed by atoms with Gasteiger partial charge in [-0.25, -0.2) is 4.98 Å². The molecule has 0 unspecified atom stereocenters. The van der Waals surface area contributed by atoms with Gasteiger partial charge >= 0.3 is 0 Å². The predicted molar refractivity (Wildman–Crippen MR) is 108 cm³/mol. The van der Waals surface area contributed by atoms with Gasteiger partial charge in [0.1, 0.15) is 23.1 Å². The number of amides is 1. The first-order valence-corrected chi connectivity index (χ1v) is 10.4. The maximum Gasteiger partial charge on any atom is 0.265 e. The molecule has 0 radical (unpaired) electrons. The molecule has 0 aliphatic carbocycles. The Kier molecular flexibility index (Phi) is 5.08. The SMILES string of the molecule is Cc1nc(-c2ccc(Cl)s2)sc1C(=O)N(C)Cc1ccc2c(c1)OCCO2. The molecule has 0 atom stereocenters. The molecule has 1 aromatic carbocycles. The molecule has 2 aromatic heterocycles. The summed E-state index contributed by atoms with van der Waals surface area (Å²) >= 11 is 8.87. The van der Waals surface area contributed by atoms with E-state index in [2.05, 4.69) is 4.98 Å². The number of thiazole rings is 1. The number of nitrogens with zero attached hydrogens (tertiary/aromatic N) is 2. The number of hydrogen-bond donors (Lipinski definition) is 0. The van der Waals surface area contributed by atoms with E-state index in [-0.39, 0.29) is 5.91 Å². The number of carbonyl (C=O) groups excluding carboxylic acids is 1. The van der Waals surface area contributed by atoms with Crippen LogP contribution in [0.4, 0.5) is 0 Å². The minimum Gasteiger partial charge on any atom is -0.486 e. The lowest BCUT2D eigenvalue weighted by atomic mass is 10.2. The van der Waals surface area contributed by atoms with E-state index < -0.39 is 0 Å². The molecular weight excluding hydrogens is 404 g/mol. The molecule has 1 amide bonds. The van der Waals surface area contributed by atoms with E-state index in [0.717, 1.165) is 32.6 Å². The van der Waals surface area contributed by atoms with E-state index >= 15 is 0 Å². The summed E-state index contributed by atoms with van der Waals surface area (Å²) in [6.45, 7) is 3.45. The summed E-state index contributed by atoms with van der Waals surface area (Å²) in [4.78, 5) is 20.8. The van der Waals surface area contributed by atoms with E-state index in [1.807, 2.05) is 37.3 Å². The van der Waals surface area contributed by atoms with Crippen molar-refractivity contribution < 1.29 is 14.3 Å². The Balaban J connectivity index is 1.52. The molecule has 0 bridgehead atoms. The number of hydrogen-bond acceptors (Lipinski definition) is 6. The summed E-state index contributed by atoms with van der Waals surface area (Å²) < 4.78 is 11.9. The number of benzene rings is 1. The van der Waals surface area contributed by atoms with E-state index in [4.69, 9.17) is 21.1 Å². The smallest absolute Gasteiger partial charge is 0.265 e. The standard InChI is InChI=1S/C19H17ClN2O3S2/c1-11-17(27-18(21-11)15-5-6-16(20)26-15)19(23)22(2)10-12-3-4-13-14(9-12)25-8-7-24-13/h3-6,9H,7-8,10H2,1-2H3. The lowest BCUT2D eigenvalue weighted by molar-refractivity contribution is 0.0788. The highest BCUT2D eigenvalue weighted by Gasteiger charge is 2.21. The summed E-state index contributed by atoms with van der Waals surface area (Å²) in [5.41, 5.74) is 1.72. The van der Waals surface area contributed by atoms with Gasteiger partial charge in [-0.15, -0.1) is 22.7 Å². The van der Waals surface area contributed by atoms with Crippen molar-refractivity contribution in [2.45, 2.75) is 13.5 Å². The molecule has 27 heavy (non-hydrogen) atoms. The van der Waals surface area contributed by atoms with Crippen LogP contribution in [0.3, 0.4) is 0 Å². The normalized spacial score (nSPS) is 12.9. The Morgan fingerprint density at radius 1 is 1.19 bits per heavy atom. The first kappa shape index (κ1) is 18.3. The van der Waals surface area contributed by atoms with Crippen molar-refractivity contribution in [1.82, 2.24) is 9.88 Å². The van der Waals surface area contributed by atoms with Crippen molar-refractivity contribution in [3.8, 4) is 21.4 Å². The molecule has 0 N–H and O–H groups in total. The number of fused-ring (bicyclic) bond motifs is 1. The molecule has 1 aliphatic rings. The lowest BCUT2D eigenvalue weighted by Gasteiger charge is -2.21. The Labute approximate surface area is 170 Å². The maximum absolute atomic E-state index is 12.9. The molecule has 140 valence electrons. The molecule has 0 saturated carbocycles. The van der Waals surface area contributed by atoms with Gasteiger partial charge in [0.25, 0.3) is 5.91 Å². The quantitative estimate of drug-likeness (QED) is 0.603. The van der Waals surface area contributed by atoms with Crippen LogP contribution in [0.2, 0.25) is 4.34 Å². The lowest BCUT2D eigenvalue weighted by Crippen LogP contribution is -2.26. The number of aromatic nitrogens is 1. The average molecular weight is 421 g/mol. The Bertz CT molecular complexity index is 999. The maximum atomic E-state index is 12.9. The monoisotopic (exact) mass is 420 g/mol. The largest absolute Gasteiger partial charge is 0.486 e. The minimum atomic E-state index is -0.0474. The van der Waals surface area contributed by atoms with Gasteiger partial charge < -0.3 is 14.4 Å². The van der Waals surface area contributed by atoms with Crippen LogP contribution in [0.25, 0.3) is 9.88 Å². The second-order valence-electron chi connectivity index (χ2n) is 6.18. The van der Waals surface area contributed by atoms with Crippen molar-refractivity contribution in [2.24, 2.45) is 0 Å². The molecular formula is C19H17ClN2O3S2.